The Balaban J connectivity index is 2.83. The zero-order valence-electron chi connectivity index (χ0n) is 8.51. The van der Waals surface area contributed by atoms with Gasteiger partial charge in [-0.2, -0.15) is 8.42 Å². The highest BCUT2D eigenvalue weighted by atomic mass is 32.2. The highest BCUT2D eigenvalue weighted by molar-refractivity contribution is 7.86. The molecule has 0 atom stereocenters. The summed E-state index contributed by atoms with van der Waals surface area (Å²) in [5, 5.41) is 9.34. The summed E-state index contributed by atoms with van der Waals surface area (Å²) in [5.74, 6) is -0.283. The maximum absolute atomic E-state index is 11.5. The van der Waals surface area contributed by atoms with Crippen molar-refractivity contribution in [3.8, 4) is 5.75 Å². The van der Waals surface area contributed by atoms with Crippen molar-refractivity contribution in [1.29, 1.82) is 0 Å². The fraction of sp³-hybridized carbons (Fsp3) is 0.400. The summed E-state index contributed by atoms with van der Waals surface area (Å²) in [5.41, 5.74) is 0. The number of hydrogen-bond acceptors (Lipinski definition) is 4. The van der Waals surface area contributed by atoms with Gasteiger partial charge in [0.25, 0.3) is 0 Å². The first-order chi connectivity index (χ1) is 7.08. The van der Waals surface area contributed by atoms with Gasteiger partial charge in [-0.15, -0.1) is 0 Å². The first-order valence-corrected chi connectivity index (χ1v) is 6.16. The maximum Gasteiger partial charge on any atom is 0.300 e. The van der Waals surface area contributed by atoms with Gasteiger partial charge in [-0.1, -0.05) is 25.5 Å². The average Bonchev–Trinajstić information content (AvgIpc) is 2.18. The maximum atomic E-state index is 11.5. The molecule has 5 heteroatoms. The summed E-state index contributed by atoms with van der Waals surface area (Å²) < 4.78 is 27.8. The number of rotatable bonds is 5. The molecular weight excluding hydrogens is 216 g/mol. The van der Waals surface area contributed by atoms with Gasteiger partial charge in [0.1, 0.15) is 10.6 Å². The zero-order chi connectivity index (χ0) is 11.3. The van der Waals surface area contributed by atoms with Gasteiger partial charge in [0.15, 0.2) is 0 Å². The molecule has 0 amide bonds. The Bertz CT molecular complexity index is 411. The standard InChI is InChI=1S/C10H14O4S/c1-2-3-8-14-15(12,13)10-7-5-4-6-9(10)11/h4-7,11H,2-3,8H2,1H3. The van der Waals surface area contributed by atoms with E-state index in [-0.39, 0.29) is 17.3 Å². The molecule has 1 aromatic rings. The minimum atomic E-state index is -3.81. The number of para-hydroxylation sites is 1. The number of phenols is 1. The molecule has 0 aromatic heterocycles. The molecule has 0 heterocycles. The summed E-state index contributed by atoms with van der Waals surface area (Å²) in [6.07, 6.45) is 1.53. The fourth-order valence-electron chi connectivity index (χ4n) is 1.05. The van der Waals surface area contributed by atoms with Crippen LogP contribution >= 0.6 is 0 Å². The van der Waals surface area contributed by atoms with Crippen molar-refractivity contribution in [2.45, 2.75) is 24.7 Å². The van der Waals surface area contributed by atoms with E-state index in [9.17, 15) is 13.5 Å². The van der Waals surface area contributed by atoms with Gasteiger partial charge in [0, 0.05) is 0 Å². The van der Waals surface area contributed by atoms with Crippen LogP contribution in [0.4, 0.5) is 0 Å². The van der Waals surface area contributed by atoms with Gasteiger partial charge in [0.05, 0.1) is 6.61 Å². The summed E-state index contributed by atoms with van der Waals surface area (Å²) in [6.45, 7) is 2.09. The number of phenolic OH excluding ortho intramolecular Hbond substituents is 1. The van der Waals surface area contributed by atoms with Gasteiger partial charge in [-0.3, -0.25) is 4.18 Å². The lowest BCUT2D eigenvalue weighted by atomic mass is 10.3. The van der Waals surface area contributed by atoms with E-state index < -0.39 is 10.1 Å². The topological polar surface area (TPSA) is 63.6 Å². The highest BCUT2D eigenvalue weighted by Gasteiger charge is 2.18. The SMILES string of the molecule is CCCCOS(=O)(=O)c1ccccc1O. The van der Waals surface area contributed by atoms with Crippen molar-refractivity contribution >= 4 is 10.1 Å². The van der Waals surface area contributed by atoms with Crippen molar-refractivity contribution in [2.24, 2.45) is 0 Å². The molecular formula is C10H14O4S. The summed E-state index contributed by atoms with van der Waals surface area (Å²) in [6, 6.07) is 5.73. The predicted octanol–water partition coefficient (Wildman–Crippen LogP) is 1.90. The Hall–Kier alpha value is -1.07. The van der Waals surface area contributed by atoms with Crippen molar-refractivity contribution in [3.63, 3.8) is 0 Å². The Labute approximate surface area is 89.6 Å². The van der Waals surface area contributed by atoms with Crippen LogP contribution in [0.3, 0.4) is 0 Å². The first kappa shape index (κ1) is 12.0. The lowest BCUT2D eigenvalue weighted by Crippen LogP contribution is -2.07. The fourth-order valence-corrected chi connectivity index (χ4v) is 2.08. The highest BCUT2D eigenvalue weighted by Crippen LogP contribution is 2.23. The third-order valence-corrected chi connectivity index (χ3v) is 3.23. The molecule has 0 aliphatic heterocycles. The molecule has 1 rings (SSSR count). The molecule has 0 saturated carbocycles. The molecule has 1 N–H and O–H groups in total. The third-order valence-electron chi connectivity index (χ3n) is 1.87. The Morgan fingerprint density at radius 1 is 1.33 bits per heavy atom. The Kier molecular flexibility index (Phi) is 4.11. The average molecular weight is 230 g/mol. The van der Waals surface area contributed by atoms with Crippen LogP contribution in [0.25, 0.3) is 0 Å². The van der Waals surface area contributed by atoms with E-state index in [0.717, 1.165) is 6.42 Å². The molecule has 0 radical (unpaired) electrons. The predicted molar refractivity (Wildman–Crippen MR) is 56.2 cm³/mol. The van der Waals surface area contributed by atoms with E-state index in [1.807, 2.05) is 6.92 Å². The molecule has 1 aromatic carbocycles. The van der Waals surface area contributed by atoms with E-state index >= 15 is 0 Å². The van der Waals surface area contributed by atoms with Crippen molar-refractivity contribution in [3.05, 3.63) is 24.3 Å². The van der Waals surface area contributed by atoms with Gasteiger partial charge in [-0.05, 0) is 18.6 Å². The van der Waals surface area contributed by atoms with Crippen LogP contribution in [0, 0.1) is 0 Å². The first-order valence-electron chi connectivity index (χ1n) is 4.75. The largest absolute Gasteiger partial charge is 0.506 e. The zero-order valence-corrected chi connectivity index (χ0v) is 9.33. The van der Waals surface area contributed by atoms with Gasteiger partial charge in [-0.25, -0.2) is 0 Å². The second kappa shape index (κ2) is 5.14. The van der Waals surface area contributed by atoms with Crippen LogP contribution in [0.1, 0.15) is 19.8 Å². The minimum Gasteiger partial charge on any atom is -0.506 e. The molecule has 0 bridgehead atoms. The van der Waals surface area contributed by atoms with E-state index in [0.29, 0.717) is 6.42 Å². The summed E-state index contributed by atoms with van der Waals surface area (Å²) in [4.78, 5) is -0.180. The van der Waals surface area contributed by atoms with E-state index in [1.54, 1.807) is 6.07 Å². The molecule has 0 aliphatic carbocycles. The van der Waals surface area contributed by atoms with Gasteiger partial charge >= 0.3 is 10.1 Å². The molecule has 15 heavy (non-hydrogen) atoms. The second-order valence-electron chi connectivity index (χ2n) is 3.10. The lowest BCUT2D eigenvalue weighted by molar-refractivity contribution is 0.308. The molecule has 0 aliphatic rings. The summed E-state index contributed by atoms with van der Waals surface area (Å²) >= 11 is 0. The quantitative estimate of drug-likeness (QED) is 0.619. The smallest absolute Gasteiger partial charge is 0.300 e. The Morgan fingerprint density at radius 2 is 2.00 bits per heavy atom. The van der Waals surface area contributed by atoms with Crippen molar-refractivity contribution < 1.29 is 17.7 Å². The van der Waals surface area contributed by atoms with Crippen molar-refractivity contribution in [2.75, 3.05) is 6.61 Å². The Morgan fingerprint density at radius 3 is 2.60 bits per heavy atom. The molecule has 4 nitrogen and oxygen atoms in total. The van der Waals surface area contributed by atoms with Crippen molar-refractivity contribution in [1.82, 2.24) is 0 Å². The number of unbranched alkanes of at least 4 members (excludes halogenated alkanes) is 1. The van der Waals surface area contributed by atoms with E-state index in [2.05, 4.69) is 0 Å². The molecule has 0 saturated heterocycles. The van der Waals surface area contributed by atoms with Crippen LogP contribution in [-0.4, -0.2) is 20.1 Å². The van der Waals surface area contributed by atoms with Crippen LogP contribution < -0.4 is 0 Å². The second-order valence-corrected chi connectivity index (χ2v) is 4.68. The number of hydrogen-bond donors (Lipinski definition) is 1. The third kappa shape index (κ3) is 3.21. The van der Waals surface area contributed by atoms with Crippen LogP contribution in [0.5, 0.6) is 5.75 Å². The minimum absolute atomic E-state index is 0.146. The molecule has 0 unspecified atom stereocenters. The molecule has 0 spiro atoms. The number of benzene rings is 1. The van der Waals surface area contributed by atoms with E-state index in [4.69, 9.17) is 4.18 Å². The van der Waals surface area contributed by atoms with E-state index in [1.165, 1.54) is 18.2 Å². The summed E-state index contributed by atoms with van der Waals surface area (Å²) in [7, 11) is -3.81. The normalized spacial score (nSPS) is 11.5. The monoisotopic (exact) mass is 230 g/mol. The van der Waals surface area contributed by atoms with Gasteiger partial charge < -0.3 is 5.11 Å². The van der Waals surface area contributed by atoms with Crippen LogP contribution in [0.2, 0.25) is 0 Å². The van der Waals surface area contributed by atoms with Crippen LogP contribution in [0.15, 0.2) is 29.2 Å². The van der Waals surface area contributed by atoms with Crippen LogP contribution in [-0.2, 0) is 14.3 Å². The molecule has 84 valence electrons. The number of aromatic hydroxyl groups is 1. The van der Waals surface area contributed by atoms with Gasteiger partial charge in [0.2, 0.25) is 0 Å². The molecule has 0 fully saturated rings. The lowest BCUT2D eigenvalue weighted by Gasteiger charge is -2.06.